The summed E-state index contributed by atoms with van der Waals surface area (Å²) in [6.45, 7) is 8.79. The first-order valence-corrected chi connectivity index (χ1v) is 13.1. The molecular weight excluding hydrogens is 446 g/mol. The molecule has 2 saturated carbocycles. The van der Waals surface area contributed by atoms with Crippen LogP contribution in [0.15, 0.2) is 60.7 Å². The van der Waals surface area contributed by atoms with Gasteiger partial charge in [-0.15, -0.1) is 0 Å². The average molecular weight is 484 g/mol. The molecule has 1 aromatic carbocycles. The number of benzene rings is 1. The summed E-state index contributed by atoms with van der Waals surface area (Å²) < 4.78 is 0. The van der Waals surface area contributed by atoms with Crippen LogP contribution in [0.2, 0.25) is 0 Å². The molecule has 188 valence electrons. The van der Waals surface area contributed by atoms with Crippen molar-refractivity contribution in [2.45, 2.75) is 65.1 Å². The van der Waals surface area contributed by atoms with Crippen molar-refractivity contribution in [1.82, 2.24) is 15.0 Å². The Bertz CT molecular complexity index is 1260. The quantitative estimate of drug-likeness (QED) is 0.550. The first-order chi connectivity index (χ1) is 17.1. The van der Waals surface area contributed by atoms with Gasteiger partial charge < -0.3 is 10.2 Å². The summed E-state index contributed by atoms with van der Waals surface area (Å²) in [6.07, 6.45) is 16.6. The lowest BCUT2D eigenvalue weighted by Crippen LogP contribution is -2.46. The van der Waals surface area contributed by atoms with Crippen LogP contribution in [0.3, 0.4) is 0 Å². The number of fused-ring (bicyclic) bond motifs is 2. The smallest absolute Gasteiger partial charge is 0.164 e. The molecule has 0 saturated heterocycles. The summed E-state index contributed by atoms with van der Waals surface area (Å²) in [7, 11) is 0. The molecule has 4 aliphatic rings. The van der Waals surface area contributed by atoms with E-state index >= 15 is 0 Å². The molecule has 36 heavy (non-hydrogen) atoms. The number of aliphatic hydroxyl groups is 2. The molecule has 5 heteroatoms. The zero-order chi connectivity index (χ0) is 25.7. The summed E-state index contributed by atoms with van der Waals surface area (Å²) in [5.74, 6) is 5.11. The fourth-order valence-electron chi connectivity index (χ4n) is 4.66. The molecule has 0 aliphatic heterocycles. The van der Waals surface area contributed by atoms with Crippen molar-refractivity contribution in [3.63, 3.8) is 0 Å². The number of nitrogens with zero attached hydrogens (tertiary/aromatic N) is 3. The molecule has 5 nitrogen and oxygen atoms in total. The molecule has 5 unspecified atom stereocenters. The molecule has 1 aromatic heterocycles. The number of rotatable bonds is 5. The van der Waals surface area contributed by atoms with Crippen molar-refractivity contribution in [3.05, 3.63) is 77.9 Å². The van der Waals surface area contributed by atoms with Crippen LogP contribution in [0, 0.1) is 30.6 Å². The Kier molecular flexibility index (Phi) is 6.34. The van der Waals surface area contributed by atoms with Gasteiger partial charge in [0.25, 0.3) is 0 Å². The Hall–Kier alpha value is -2.89. The minimum atomic E-state index is -0.998. The Morgan fingerprint density at radius 1 is 0.861 bits per heavy atom. The lowest BCUT2D eigenvalue weighted by molar-refractivity contribution is -0.121. The number of aromatic nitrogens is 3. The van der Waals surface area contributed by atoms with E-state index in [1.807, 2.05) is 6.92 Å². The van der Waals surface area contributed by atoms with Crippen LogP contribution in [0.5, 0.6) is 0 Å². The summed E-state index contributed by atoms with van der Waals surface area (Å²) in [6, 6.07) is 8.45. The minimum absolute atomic E-state index is 0.566. The molecule has 6 rings (SSSR count). The maximum Gasteiger partial charge on any atom is 0.164 e. The molecular formula is C31H37N3O2. The summed E-state index contributed by atoms with van der Waals surface area (Å²) in [5, 5.41) is 18.7. The fourth-order valence-corrected chi connectivity index (χ4v) is 4.66. The molecule has 0 amide bonds. The highest BCUT2D eigenvalue weighted by molar-refractivity contribution is 5.76. The number of aryl methyl sites for hydroxylation is 1. The van der Waals surface area contributed by atoms with Crippen LogP contribution in [-0.2, 0) is 0 Å². The maximum atomic E-state index is 9.41. The van der Waals surface area contributed by atoms with E-state index in [-0.39, 0.29) is 0 Å². The van der Waals surface area contributed by atoms with Crippen LogP contribution in [-0.4, -0.2) is 36.4 Å². The lowest BCUT2D eigenvalue weighted by Gasteiger charge is -2.34. The maximum absolute atomic E-state index is 9.41. The second-order valence-electron chi connectivity index (χ2n) is 11.4. The van der Waals surface area contributed by atoms with Crippen molar-refractivity contribution in [1.29, 1.82) is 0 Å². The largest absolute Gasteiger partial charge is 0.387 e. The van der Waals surface area contributed by atoms with Gasteiger partial charge in [-0.05, 0) is 70.6 Å². The molecule has 2 fully saturated rings. The highest BCUT2D eigenvalue weighted by Crippen LogP contribution is 2.51. The average Bonchev–Trinajstić information content (AvgIpc) is 3.77. The fraction of sp³-hybridized carbons (Fsp3) is 0.452. The van der Waals surface area contributed by atoms with Crippen LogP contribution in [0.1, 0.15) is 64.2 Å². The molecule has 1 heterocycles. The van der Waals surface area contributed by atoms with Gasteiger partial charge in [0.2, 0.25) is 0 Å². The van der Waals surface area contributed by atoms with Gasteiger partial charge in [0.05, 0.1) is 11.2 Å². The van der Waals surface area contributed by atoms with E-state index in [0.29, 0.717) is 24.2 Å². The SMILES string of the molecule is CCC(C)(O)C(C)(C)O.Cc1ccc(-c2nc(C3=CC4CC4C=C3)nc(C3=CC=CC4CC34)n2)cc1. The summed E-state index contributed by atoms with van der Waals surface area (Å²) in [5.41, 5.74) is 2.74. The van der Waals surface area contributed by atoms with E-state index in [1.54, 1.807) is 20.8 Å². The Balaban J connectivity index is 0.000000257. The van der Waals surface area contributed by atoms with E-state index in [4.69, 9.17) is 15.0 Å². The zero-order valence-corrected chi connectivity index (χ0v) is 21.9. The Morgan fingerprint density at radius 3 is 2.19 bits per heavy atom. The molecule has 2 N–H and O–H groups in total. The number of hydrogen-bond acceptors (Lipinski definition) is 5. The van der Waals surface area contributed by atoms with E-state index in [9.17, 15) is 10.2 Å². The third-order valence-corrected chi connectivity index (χ3v) is 8.15. The van der Waals surface area contributed by atoms with Gasteiger partial charge in [0.15, 0.2) is 17.5 Å². The summed E-state index contributed by atoms with van der Waals surface area (Å²) in [4.78, 5) is 14.6. The zero-order valence-electron chi connectivity index (χ0n) is 21.9. The Morgan fingerprint density at radius 2 is 1.56 bits per heavy atom. The molecule has 0 bridgehead atoms. The van der Waals surface area contributed by atoms with E-state index in [0.717, 1.165) is 34.5 Å². The Labute approximate surface area is 214 Å². The van der Waals surface area contributed by atoms with Gasteiger partial charge in [0.1, 0.15) is 0 Å². The topological polar surface area (TPSA) is 79.1 Å². The van der Waals surface area contributed by atoms with Gasteiger partial charge >= 0.3 is 0 Å². The van der Waals surface area contributed by atoms with Crippen molar-refractivity contribution < 1.29 is 10.2 Å². The highest BCUT2D eigenvalue weighted by Gasteiger charge is 2.41. The van der Waals surface area contributed by atoms with Gasteiger partial charge in [-0.3, -0.25) is 0 Å². The lowest BCUT2D eigenvalue weighted by atomic mass is 9.86. The van der Waals surface area contributed by atoms with Crippen molar-refractivity contribution in [2.75, 3.05) is 0 Å². The van der Waals surface area contributed by atoms with Crippen LogP contribution in [0.4, 0.5) is 0 Å². The highest BCUT2D eigenvalue weighted by atomic mass is 16.3. The molecule has 0 radical (unpaired) electrons. The number of hydrogen-bond donors (Lipinski definition) is 2. The monoisotopic (exact) mass is 483 g/mol. The van der Waals surface area contributed by atoms with Crippen LogP contribution >= 0.6 is 0 Å². The molecule has 5 atom stereocenters. The van der Waals surface area contributed by atoms with E-state index in [2.05, 4.69) is 67.6 Å². The predicted octanol–water partition coefficient (Wildman–Crippen LogP) is 5.94. The predicted molar refractivity (Wildman–Crippen MR) is 145 cm³/mol. The molecule has 0 spiro atoms. The normalized spacial score (nSPS) is 27.0. The first kappa shape index (κ1) is 24.8. The third kappa shape index (κ3) is 5.14. The number of allylic oxidation sites excluding steroid dienone is 8. The molecule has 2 aromatic rings. The van der Waals surface area contributed by atoms with E-state index in [1.165, 1.54) is 24.0 Å². The van der Waals surface area contributed by atoms with Crippen LogP contribution < -0.4 is 0 Å². The van der Waals surface area contributed by atoms with Crippen molar-refractivity contribution >= 4 is 11.1 Å². The minimum Gasteiger partial charge on any atom is -0.387 e. The van der Waals surface area contributed by atoms with Crippen LogP contribution in [0.25, 0.3) is 22.5 Å². The first-order valence-electron chi connectivity index (χ1n) is 13.1. The van der Waals surface area contributed by atoms with Gasteiger partial charge in [-0.2, -0.15) is 0 Å². The second kappa shape index (κ2) is 9.20. The van der Waals surface area contributed by atoms with Crippen molar-refractivity contribution in [2.24, 2.45) is 23.7 Å². The second-order valence-corrected chi connectivity index (χ2v) is 11.4. The van der Waals surface area contributed by atoms with Gasteiger partial charge in [-0.25, -0.2) is 15.0 Å². The van der Waals surface area contributed by atoms with Crippen molar-refractivity contribution in [3.8, 4) is 11.4 Å². The van der Waals surface area contributed by atoms with E-state index < -0.39 is 11.2 Å². The molecule has 4 aliphatic carbocycles. The third-order valence-electron chi connectivity index (χ3n) is 8.15. The van der Waals surface area contributed by atoms with Gasteiger partial charge in [0, 0.05) is 16.7 Å². The summed E-state index contributed by atoms with van der Waals surface area (Å²) >= 11 is 0. The standard InChI is InChI=1S/C24H21N3.C7H16O2/c1-14-5-7-15(8-6-14)22-25-23(18-10-9-16-11-19(16)12-18)27-24(26-22)20-4-2-3-17-13-21(17)20;1-5-7(4,9)6(2,3)8/h2-10,12,16-17,19,21H,11,13H2,1H3;8-9H,5H2,1-4H3. The van der Waals surface area contributed by atoms with Gasteiger partial charge in [-0.1, -0.05) is 73.2 Å².